The molecular weight excluding hydrogens is 320 g/mol. The van der Waals surface area contributed by atoms with Crippen molar-refractivity contribution in [2.24, 2.45) is 0 Å². The van der Waals surface area contributed by atoms with Gasteiger partial charge in [0.25, 0.3) is 5.92 Å². The van der Waals surface area contributed by atoms with Gasteiger partial charge in [-0.3, -0.25) is 0 Å². The Morgan fingerprint density at radius 3 is 1.14 bits per heavy atom. The first-order valence-corrected chi connectivity index (χ1v) is 6.17. The molecule has 0 amide bonds. The van der Waals surface area contributed by atoms with Crippen molar-refractivity contribution in [1.82, 2.24) is 0 Å². The van der Waals surface area contributed by atoms with Gasteiger partial charge in [0.15, 0.2) is 0 Å². The smallest absolute Gasteiger partial charge is 0.202 e. The first-order valence-electron chi connectivity index (χ1n) is 6.17. The highest BCUT2D eigenvalue weighted by molar-refractivity contribution is 5.47. The molecule has 0 N–H and O–H groups in total. The van der Waals surface area contributed by atoms with E-state index in [1.807, 2.05) is 0 Å². The highest BCUT2D eigenvalue weighted by Crippen LogP contribution is 2.46. The predicted octanol–water partition coefficient (Wildman–Crippen LogP) is 6.13. The van der Waals surface area contributed by atoms with Crippen molar-refractivity contribution in [2.75, 3.05) is 0 Å². The topological polar surface area (TPSA) is 0 Å². The number of benzene rings is 1. The molecule has 1 aromatic carbocycles. The van der Waals surface area contributed by atoms with E-state index in [0.29, 0.717) is 0 Å². The Balaban J connectivity index is 3.96. The lowest BCUT2D eigenvalue weighted by atomic mass is 9.79. The maximum absolute atomic E-state index is 13.3. The van der Waals surface area contributed by atoms with E-state index < -0.39 is 45.9 Å². The van der Waals surface area contributed by atoms with Crippen LogP contribution in [-0.4, -0.2) is 0 Å². The van der Waals surface area contributed by atoms with Crippen LogP contribution in [0.1, 0.15) is 49.9 Å². The number of hydrogen-bond donors (Lipinski definition) is 0. The molecule has 0 spiro atoms. The van der Waals surface area contributed by atoms with Crippen LogP contribution in [0.3, 0.4) is 0 Å². The lowest BCUT2D eigenvalue weighted by molar-refractivity contribution is -0.145. The predicted molar refractivity (Wildman–Crippen MR) is 64.7 cm³/mol. The Hall–Kier alpha value is -1.34. The molecule has 0 aliphatic carbocycles. The molecular formula is C14H14F8. The van der Waals surface area contributed by atoms with Gasteiger partial charge in [-0.1, -0.05) is 20.8 Å². The summed E-state index contributed by atoms with van der Waals surface area (Å²) in [5, 5.41) is 0. The monoisotopic (exact) mass is 334 g/mol. The van der Waals surface area contributed by atoms with E-state index >= 15 is 0 Å². The standard InChI is InChI=1S/C14H14F8/c1-11(2,3)10-8(13(17,18)19)5-7(12(4,15)16)6-9(10)14(20,21)22/h5-6H,1-4H3. The Morgan fingerprint density at radius 1 is 0.636 bits per heavy atom. The molecule has 0 atom stereocenters. The molecule has 1 aromatic rings. The molecule has 0 unspecified atom stereocenters. The van der Waals surface area contributed by atoms with Gasteiger partial charge >= 0.3 is 12.4 Å². The summed E-state index contributed by atoms with van der Waals surface area (Å²) in [5.74, 6) is -3.82. The van der Waals surface area contributed by atoms with Gasteiger partial charge in [-0.05, 0) is 23.1 Å². The summed E-state index contributed by atoms with van der Waals surface area (Å²) in [5.41, 5.74) is -7.27. The lowest BCUT2D eigenvalue weighted by Crippen LogP contribution is -2.27. The Labute approximate surface area is 122 Å². The van der Waals surface area contributed by atoms with Crippen LogP contribution in [0.25, 0.3) is 0 Å². The van der Waals surface area contributed by atoms with Crippen molar-refractivity contribution < 1.29 is 35.1 Å². The van der Waals surface area contributed by atoms with Crippen LogP contribution in [0.5, 0.6) is 0 Å². The quantitative estimate of drug-likeness (QED) is 0.542. The van der Waals surface area contributed by atoms with E-state index in [4.69, 9.17) is 0 Å². The van der Waals surface area contributed by atoms with Crippen LogP contribution in [0.4, 0.5) is 35.1 Å². The van der Waals surface area contributed by atoms with Crippen molar-refractivity contribution in [1.29, 1.82) is 0 Å². The summed E-state index contributed by atoms with van der Waals surface area (Å²) < 4.78 is 105. The zero-order valence-corrected chi connectivity index (χ0v) is 12.2. The summed E-state index contributed by atoms with van der Waals surface area (Å²) in [6.45, 7) is 3.74. The van der Waals surface area contributed by atoms with Crippen molar-refractivity contribution in [3.8, 4) is 0 Å². The fourth-order valence-corrected chi connectivity index (χ4v) is 2.15. The number of rotatable bonds is 1. The summed E-state index contributed by atoms with van der Waals surface area (Å²) in [7, 11) is 0. The average molecular weight is 334 g/mol. The van der Waals surface area contributed by atoms with Crippen LogP contribution in [0, 0.1) is 0 Å². The van der Waals surface area contributed by atoms with Gasteiger partial charge < -0.3 is 0 Å². The number of alkyl halides is 8. The Kier molecular flexibility index (Phi) is 4.33. The number of hydrogen-bond acceptors (Lipinski definition) is 0. The van der Waals surface area contributed by atoms with E-state index in [1.165, 1.54) is 0 Å². The molecule has 0 aliphatic rings. The molecule has 0 saturated heterocycles. The fraction of sp³-hybridized carbons (Fsp3) is 0.571. The van der Waals surface area contributed by atoms with E-state index in [1.54, 1.807) is 0 Å². The maximum atomic E-state index is 13.3. The fourth-order valence-electron chi connectivity index (χ4n) is 2.15. The highest BCUT2D eigenvalue weighted by atomic mass is 19.4. The average Bonchev–Trinajstić information content (AvgIpc) is 2.22. The summed E-state index contributed by atoms with van der Waals surface area (Å²) in [4.78, 5) is 0. The van der Waals surface area contributed by atoms with Crippen LogP contribution in [0.2, 0.25) is 0 Å². The second-order valence-electron chi connectivity index (χ2n) is 6.08. The first kappa shape index (κ1) is 18.7. The van der Waals surface area contributed by atoms with Crippen molar-refractivity contribution in [3.63, 3.8) is 0 Å². The van der Waals surface area contributed by atoms with Crippen LogP contribution in [-0.2, 0) is 23.7 Å². The van der Waals surface area contributed by atoms with Crippen LogP contribution in [0.15, 0.2) is 12.1 Å². The minimum atomic E-state index is -5.18. The molecule has 0 nitrogen and oxygen atoms in total. The lowest BCUT2D eigenvalue weighted by Gasteiger charge is -2.29. The van der Waals surface area contributed by atoms with Gasteiger partial charge in [0.05, 0.1) is 11.1 Å². The molecule has 0 aromatic heterocycles. The number of halogens is 8. The first-order chi connectivity index (χ1) is 9.45. The zero-order valence-electron chi connectivity index (χ0n) is 12.2. The third-order valence-corrected chi connectivity index (χ3v) is 3.01. The van der Waals surface area contributed by atoms with Crippen molar-refractivity contribution in [3.05, 3.63) is 34.4 Å². The maximum Gasteiger partial charge on any atom is 0.416 e. The SMILES string of the molecule is CC(C)(C)c1c(C(F)(F)F)cc(C(C)(F)F)cc1C(F)(F)F. The second kappa shape index (κ2) is 5.09. The molecule has 126 valence electrons. The van der Waals surface area contributed by atoms with E-state index in [-0.39, 0.29) is 19.1 Å². The van der Waals surface area contributed by atoms with Gasteiger partial charge in [0.2, 0.25) is 0 Å². The van der Waals surface area contributed by atoms with Crippen LogP contribution < -0.4 is 0 Å². The molecule has 0 fully saturated rings. The molecule has 0 aliphatic heterocycles. The second-order valence-corrected chi connectivity index (χ2v) is 6.08. The Morgan fingerprint density at radius 2 is 0.955 bits per heavy atom. The summed E-state index contributed by atoms with van der Waals surface area (Å²) in [6, 6.07) is 0.186. The third kappa shape index (κ3) is 3.89. The zero-order chi connectivity index (χ0) is 17.7. The molecule has 0 heterocycles. The summed E-state index contributed by atoms with van der Waals surface area (Å²) in [6.07, 6.45) is -10.4. The van der Waals surface area contributed by atoms with E-state index in [9.17, 15) is 35.1 Å². The van der Waals surface area contributed by atoms with E-state index in [2.05, 4.69) is 0 Å². The molecule has 0 bridgehead atoms. The minimum absolute atomic E-state index is 0.0931. The molecule has 8 heteroatoms. The Bertz CT molecular complexity index is 517. The molecule has 22 heavy (non-hydrogen) atoms. The molecule has 0 saturated carbocycles. The third-order valence-electron chi connectivity index (χ3n) is 3.01. The van der Waals surface area contributed by atoms with Gasteiger partial charge in [-0.15, -0.1) is 0 Å². The largest absolute Gasteiger partial charge is 0.416 e. The van der Waals surface area contributed by atoms with Crippen molar-refractivity contribution >= 4 is 0 Å². The van der Waals surface area contributed by atoms with Gasteiger partial charge in [0, 0.05) is 12.5 Å². The highest BCUT2D eigenvalue weighted by Gasteiger charge is 2.45. The minimum Gasteiger partial charge on any atom is -0.202 e. The van der Waals surface area contributed by atoms with Gasteiger partial charge in [-0.2, -0.15) is 26.3 Å². The normalized spacial score (nSPS) is 14.4. The molecule has 0 radical (unpaired) electrons. The van der Waals surface area contributed by atoms with Gasteiger partial charge in [-0.25, -0.2) is 8.78 Å². The van der Waals surface area contributed by atoms with E-state index in [0.717, 1.165) is 20.8 Å². The van der Waals surface area contributed by atoms with Crippen LogP contribution >= 0.6 is 0 Å². The molecule has 1 rings (SSSR count). The van der Waals surface area contributed by atoms with Gasteiger partial charge in [0.1, 0.15) is 0 Å². The summed E-state index contributed by atoms with van der Waals surface area (Å²) >= 11 is 0. The van der Waals surface area contributed by atoms with Crippen molar-refractivity contribution in [2.45, 2.75) is 51.4 Å².